The molecule has 0 saturated carbocycles. The van der Waals surface area contributed by atoms with Gasteiger partial charge in [-0.25, -0.2) is 9.59 Å². The highest BCUT2D eigenvalue weighted by atomic mass is 16.6. The van der Waals surface area contributed by atoms with Crippen LogP contribution in [-0.4, -0.2) is 30.7 Å². The molecule has 0 aromatic heterocycles. The molecule has 0 spiro atoms. The summed E-state index contributed by atoms with van der Waals surface area (Å²) in [4.78, 5) is 27.2. The Balaban J connectivity index is 2.21. The second kappa shape index (κ2) is 8.61. The van der Waals surface area contributed by atoms with Gasteiger partial charge in [0.25, 0.3) is 0 Å². The molecule has 0 radical (unpaired) electrons. The predicted molar refractivity (Wildman–Crippen MR) is 105 cm³/mol. The number of amides is 1. The minimum atomic E-state index is -0.640. The van der Waals surface area contributed by atoms with E-state index in [1.165, 1.54) is 7.11 Å². The lowest BCUT2D eigenvalue weighted by molar-refractivity contribution is -0.137. The second-order valence-corrected chi connectivity index (χ2v) is 6.41. The molecule has 1 amide bonds. The molecule has 2 aromatic carbocycles. The maximum absolute atomic E-state index is 13.0. The number of allylic oxidation sites excluding steroid dienone is 1. The summed E-state index contributed by atoms with van der Waals surface area (Å²) in [6, 6.07) is 18.4. The van der Waals surface area contributed by atoms with Crippen molar-refractivity contribution in [2.45, 2.75) is 26.1 Å². The number of benzene rings is 2. The third kappa shape index (κ3) is 3.71. The summed E-state index contributed by atoms with van der Waals surface area (Å²) in [6.45, 7) is 3.81. The molecule has 1 heterocycles. The summed E-state index contributed by atoms with van der Waals surface area (Å²) in [7, 11) is 1.34. The maximum atomic E-state index is 13.0. The van der Waals surface area contributed by atoms with Gasteiger partial charge in [0.05, 0.1) is 25.3 Å². The average molecular weight is 380 g/mol. The fourth-order valence-electron chi connectivity index (χ4n) is 3.47. The van der Waals surface area contributed by atoms with Gasteiger partial charge >= 0.3 is 12.1 Å². The van der Waals surface area contributed by atoms with E-state index in [2.05, 4.69) is 5.32 Å². The minimum absolute atomic E-state index is 0.231. The van der Waals surface area contributed by atoms with Gasteiger partial charge in [-0.3, -0.25) is 4.90 Å². The zero-order chi connectivity index (χ0) is 20.1. The quantitative estimate of drug-likeness (QED) is 0.814. The Kier molecular flexibility index (Phi) is 5.99. The van der Waals surface area contributed by atoms with Crippen molar-refractivity contribution in [3.05, 3.63) is 83.1 Å². The Morgan fingerprint density at radius 1 is 1.00 bits per heavy atom. The van der Waals surface area contributed by atoms with Crippen LogP contribution in [-0.2, 0) is 14.3 Å². The molecule has 6 heteroatoms. The van der Waals surface area contributed by atoms with Gasteiger partial charge in [0.15, 0.2) is 0 Å². The van der Waals surface area contributed by atoms with Crippen molar-refractivity contribution < 1.29 is 19.1 Å². The number of methoxy groups -OCH3 is 1. The van der Waals surface area contributed by atoms with E-state index in [1.807, 2.05) is 67.6 Å². The van der Waals surface area contributed by atoms with Gasteiger partial charge in [0.2, 0.25) is 0 Å². The summed E-state index contributed by atoms with van der Waals surface area (Å²) in [6.07, 6.45) is -0.995. The monoisotopic (exact) mass is 380 g/mol. The largest absolute Gasteiger partial charge is 0.466 e. The van der Waals surface area contributed by atoms with E-state index in [0.29, 0.717) is 11.3 Å². The average Bonchev–Trinajstić information content (AvgIpc) is 2.73. The number of carbonyl (C=O) groups is 2. The zero-order valence-corrected chi connectivity index (χ0v) is 16.2. The van der Waals surface area contributed by atoms with E-state index in [4.69, 9.17) is 9.47 Å². The predicted octanol–water partition coefficient (Wildman–Crippen LogP) is 3.94. The molecule has 0 aliphatic carbocycles. The van der Waals surface area contributed by atoms with Crippen LogP contribution in [0.5, 0.6) is 0 Å². The highest BCUT2D eigenvalue weighted by Crippen LogP contribution is 2.40. The molecule has 2 aromatic rings. The van der Waals surface area contributed by atoms with Gasteiger partial charge in [0.1, 0.15) is 6.17 Å². The van der Waals surface area contributed by atoms with Crippen molar-refractivity contribution in [3.63, 3.8) is 0 Å². The van der Waals surface area contributed by atoms with Crippen molar-refractivity contribution in [3.8, 4) is 0 Å². The fourth-order valence-corrected chi connectivity index (χ4v) is 3.47. The smallest absolute Gasteiger partial charge is 0.412 e. The van der Waals surface area contributed by atoms with Gasteiger partial charge < -0.3 is 14.8 Å². The number of ether oxygens (including phenoxy) is 2. The first-order valence-electron chi connectivity index (χ1n) is 9.19. The molecule has 1 aliphatic heterocycles. The molecular weight excluding hydrogens is 356 g/mol. The van der Waals surface area contributed by atoms with Gasteiger partial charge in [-0.05, 0) is 25.0 Å². The lowest BCUT2D eigenvalue weighted by Gasteiger charge is -2.43. The van der Waals surface area contributed by atoms with Crippen LogP contribution in [0.15, 0.2) is 71.9 Å². The zero-order valence-electron chi connectivity index (χ0n) is 16.2. The van der Waals surface area contributed by atoms with E-state index < -0.39 is 24.3 Å². The Labute approximate surface area is 164 Å². The van der Waals surface area contributed by atoms with Crippen LogP contribution in [0.25, 0.3) is 0 Å². The number of hydrogen-bond donors (Lipinski definition) is 1. The fraction of sp³-hybridized carbons (Fsp3) is 0.273. The summed E-state index contributed by atoms with van der Waals surface area (Å²) >= 11 is 0. The number of nitrogens with one attached hydrogen (secondary N) is 1. The van der Waals surface area contributed by atoms with Crippen LogP contribution in [0.3, 0.4) is 0 Å². The Bertz CT molecular complexity index is 865. The van der Waals surface area contributed by atoms with Gasteiger partial charge in [-0.15, -0.1) is 0 Å². The van der Waals surface area contributed by atoms with E-state index in [0.717, 1.165) is 11.1 Å². The maximum Gasteiger partial charge on any atom is 0.412 e. The van der Waals surface area contributed by atoms with Crippen LogP contribution < -0.4 is 5.32 Å². The van der Waals surface area contributed by atoms with Gasteiger partial charge in [-0.1, -0.05) is 60.7 Å². The van der Waals surface area contributed by atoms with E-state index in [-0.39, 0.29) is 6.61 Å². The molecule has 0 fully saturated rings. The third-order valence-corrected chi connectivity index (χ3v) is 4.70. The van der Waals surface area contributed by atoms with Crippen molar-refractivity contribution in [1.82, 2.24) is 10.2 Å². The number of hydrogen-bond acceptors (Lipinski definition) is 5. The lowest BCUT2D eigenvalue weighted by Crippen LogP contribution is -2.50. The second-order valence-electron chi connectivity index (χ2n) is 6.41. The highest BCUT2D eigenvalue weighted by Gasteiger charge is 2.43. The van der Waals surface area contributed by atoms with Crippen molar-refractivity contribution in [1.29, 1.82) is 0 Å². The Hall–Kier alpha value is -3.28. The van der Waals surface area contributed by atoms with Crippen LogP contribution in [0, 0.1) is 0 Å². The standard InChI is InChI=1S/C22H24N2O4/c1-4-28-22(26)24-19(16-11-7-5-8-12-16)18(21(25)27-3)15(2)23-20(24)17-13-9-6-10-14-17/h5-14,19-20,23H,4H2,1-3H3. The van der Waals surface area contributed by atoms with Crippen LogP contribution in [0.4, 0.5) is 4.79 Å². The van der Waals surface area contributed by atoms with Gasteiger partial charge in [0, 0.05) is 5.70 Å². The van der Waals surface area contributed by atoms with Crippen LogP contribution in [0.1, 0.15) is 37.2 Å². The number of carbonyl (C=O) groups excluding carboxylic acids is 2. The summed E-state index contributed by atoms with van der Waals surface area (Å²) in [5.74, 6) is -0.486. The Morgan fingerprint density at radius 3 is 2.11 bits per heavy atom. The minimum Gasteiger partial charge on any atom is -0.466 e. The van der Waals surface area contributed by atoms with Crippen molar-refractivity contribution in [2.75, 3.05) is 13.7 Å². The normalized spacial score (nSPS) is 19.0. The first-order valence-corrected chi connectivity index (χ1v) is 9.19. The molecule has 2 unspecified atom stereocenters. The Morgan fingerprint density at radius 2 is 1.57 bits per heavy atom. The van der Waals surface area contributed by atoms with Crippen LogP contribution >= 0.6 is 0 Å². The molecule has 3 rings (SSSR count). The highest BCUT2D eigenvalue weighted by molar-refractivity contribution is 5.92. The number of esters is 1. The molecule has 2 atom stereocenters. The third-order valence-electron chi connectivity index (χ3n) is 4.70. The summed E-state index contributed by atoms with van der Waals surface area (Å²) < 4.78 is 10.4. The SMILES string of the molecule is CCOC(=O)N1C(c2ccccc2)NC(C)=C(C(=O)OC)C1c1ccccc1. The molecule has 1 N–H and O–H groups in total. The molecule has 146 valence electrons. The lowest BCUT2D eigenvalue weighted by atomic mass is 9.91. The first kappa shape index (κ1) is 19.5. The molecule has 1 aliphatic rings. The molecule has 28 heavy (non-hydrogen) atoms. The molecule has 0 bridgehead atoms. The molecule has 6 nitrogen and oxygen atoms in total. The van der Waals surface area contributed by atoms with E-state index >= 15 is 0 Å². The molecule has 0 saturated heterocycles. The van der Waals surface area contributed by atoms with E-state index in [1.54, 1.807) is 11.8 Å². The van der Waals surface area contributed by atoms with Gasteiger partial charge in [-0.2, -0.15) is 0 Å². The van der Waals surface area contributed by atoms with Crippen LogP contribution in [0.2, 0.25) is 0 Å². The van der Waals surface area contributed by atoms with Crippen molar-refractivity contribution in [2.24, 2.45) is 0 Å². The first-order chi connectivity index (χ1) is 13.6. The van der Waals surface area contributed by atoms with Crippen molar-refractivity contribution >= 4 is 12.1 Å². The number of nitrogens with zero attached hydrogens (tertiary/aromatic N) is 1. The summed E-state index contributed by atoms with van der Waals surface area (Å²) in [5, 5.41) is 3.29. The topological polar surface area (TPSA) is 67.9 Å². The number of rotatable bonds is 4. The molecular formula is C22H24N2O4. The van der Waals surface area contributed by atoms with E-state index in [9.17, 15) is 9.59 Å². The summed E-state index contributed by atoms with van der Waals surface area (Å²) in [5.41, 5.74) is 2.74.